The van der Waals surface area contributed by atoms with E-state index in [2.05, 4.69) is 31.0 Å². The molecule has 0 N–H and O–H groups in total. The van der Waals surface area contributed by atoms with Gasteiger partial charge in [0.15, 0.2) is 0 Å². The predicted molar refractivity (Wildman–Crippen MR) is 69.0 cm³/mol. The van der Waals surface area contributed by atoms with Crippen LogP contribution in [0.4, 0.5) is 0 Å². The summed E-state index contributed by atoms with van der Waals surface area (Å²) in [5, 5.41) is 0. The van der Waals surface area contributed by atoms with Crippen LogP contribution in [0.25, 0.3) is 0 Å². The second kappa shape index (κ2) is 4.67. The lowest BCUT2D eigenvalue weighted by Gasteiger charge is -2.45. The maximum Gasteiger partial charge on any atom is 0.00922 e. The van der Waals surface area contributed by atoms with Gasteiger partial charge in [0.05, 0.1) is 0 Å². The molecule has 1 saturated heterocycles. The standard InChI is InChI=1S/C13H25NS/c1-11(2)12-3-5-13(6-4-12)7-9-14(15)10-8-13/h11-12,15H,3-10H2,1-2H3. The number of thiol groups is 1. The fourth-order valence-corrected chi connectivity index (χ4v) is 3.59. The van der Waals surface area contributed by atoms with Crippen LogP contribution in [0.2, 0.25) is 0 Å². The van der Waals surface area contributed by atoms with Crippen molar-refractivity contribution in [2.45, 2.75) is 52.4 Å². The van der Waals surface area contributed by atoms with Crippen molar-refractivity contribution in [2.24, 2.45) is 17.3 Å². The number of hydrogen-bond donors (Lipinski definition) is 1. The number of piperidine rings is 1. The van der Waals surface area contributed by atoms with Crippen molar-refractivity contribution in [1.82, 2.24) is 4.31 Å². The van der Waals surface area contributed by atoms with E-state index in [0.717, 1.165) is 11.8 Å². The average Bonchev–Trinajstić information content (AvgIpc) is 2.24. The van der Waals surface area contributed by atoms with E-state index in [0.29, 0.717) is 5.41 Å². The fourth-order valence-electron chi connectivity index (χ4n) is 3.39. The van der Waals surface area contributed by atoms with Gasteiger partial charge < -0.3 is 0 Å². The van der Waals surface area contributed by atoms with Gasteiger partial charge in [-0.15, -0.1) is 0 Å². The Morgan fingerprint density at radius 2 is 1.60 bits per heavy atom. The second-order valence-electron chi connectivity index (χ2n) is 6.04. The highest BCUT2D eigenvalue weighted by Gasteiger charge is 2.37. The Kier molecular flexibility index (Phi) is 3.67. The third kappa shape index (κ3) is 2.71. The van der Waals surface area contributed by atoms with Gasteiger partial charge >= 0.3 is 0 Å². The van der Waals surface area contributed by atoms with Crippen LogP contribution in [0.3, 0.4) is 0 Å². The smallest absolute Gasteiger partial charge is 0.00922 e. The van der Waals surface area contributed by atoms with E-state index in [9.17, 15) is 0 Å². The van der Waals surface area contributed by atoms with Gasteiger partial charge in [0, 0.05) is 13.1 Å². The summed E-state index contributed by atoms with van der Waals surface area (Å²) < 4.78 is 2.19. The summed E-state index contributed by atoms with van der Waals surface area (Å²) in [6.07, 6.45) is 8.70. The lowest BCUT2D eigenvalue weighted by molar-refractivity contribution is 0.0720. The molecule has 2 heteroatoms. The highest BCUT2D eigenvalue weighted by molar-refractivity contribution is 7.77. The zero-order chi connectivity index (χ0) is 10.9. The van der Waals surface area contributed by atoms with Gasteiger partial charge in [-0.1, -0.05) is 26.7 Å². The highest BCUT2D eigenvalue weighted by atomic mass is 32.1. The molecule has 0 bridgehead atoms. The van der Waals surface area contributed by atoms with Gasteiger partial charge in [0.1, 0.15) is 0 Å². The summed E-state index contributed by atoms with van der Waals surface area (Å²) in [6, 6.07) is 0. The second-order valence-corrected chi connectivity index (χ2v) is 6.60. The third-order valence-electron chi connectivity index (χ3n) is 4.83. The molecule has 15 heavy (non-hydrogen) atoms. The van der Waals surface area contributed by atoms with Crippen LogP contribution in [-0.2, 0) is 0 Å². The Morgan fingerprint density at radius 1 is 1.07 bits per heavy atom. The summed E-state index contributed by atoms with van der Waals surface area (Å²) >= 11 is 4.45. The van der Waals surface area contributed by atoms with Crippen LogP contribution in [-0.4, -0.2) is 17.4 Å². The van der Waals surface area contributed by atoms with Crippen molar-refractivity contribution in [3.8, 4) is 0 Å². The van der Waals surface area contributed by atoms with E-state index in [1.807, 2.05) is 0 Å². The Bertz CT molecular complexity index is 197. The van der Waals surface area contributed by atoms with Crippen molar-refractivity contribution in [2.75, 3.05) is 13.1 Å². The summed E-state index contributed by atoms with van der Waals surface area (Å²) in [7, 11) is 0. The maximum absolute atomic E-state index is 4.45. The van der Waals surface area contributed by atoms with E-state index < -0.39 is 0 Å². The van der Waals surface area contributed by atoms with Crippen molar-refractivity contribution in [1.29, 1.82) is 0 Å². The van der Waals surface area contributed by atoms with Gasteiger partial charge in [0.25, 0.3) is 0 Å². The zero-order valence-electron chi connectivity index (χ0n) is 10.2. The van der Waals surface area contributed by atoms with E-state index in [4.69, 9.17) is 0 Å². The molecule has 1 spiro atoms. The van der Waals surface area contributed by atoms with Gasteiger partial charge in [-0.2, -0.15) is 0 Å². The molecule has 1 aliphatic carbocycles. The van der Waals surface area contributed by atoms with E-state index in [1.165, 1.54) is 51.6 Å². The molecule has 88 valence electrons. The van der Waals surface area contributed by atoms with Gasteiger partial charge in [-0.05, 0) is 55.8 Å². The molecule has 1 saturated carbocycles. The molecule has 0 aromatic rings. The highest BCUT2D eigenvalue weighted by Crippen LogP contribution is 2.47. The quantitative estimate of drug-likeness (QED) is 0.668. The molecule has 2 fully saturated rings. The van der Waals surface area contributed by atoms with Crippen LogP contribution in [0.1, 0.15) is 52.4 Å². The number of hydrogen-bond acceptors (Lipinski definition) is 2. The van der Waals surface area contributed by atoms with E-state index >= 15 is 0 Å². The molecule has 0 radical (unpaired) electrons. The monoisotopic (exact) mass is 227 g/mol. The van der Waals surface area contributed by atoms with Gasteiger partial charge in [-0.25, -0.2) is 0 Å². The molecular formula is C13H25NS. The zero-order valence-corrected chi connectivity index (χ0v) is 11.1. The number of nitrogens with zero attached hydrogens (tertiary/aromatic N) is 1. The first-order chi connectivity index (χ1) is 7.11. The van der Waals surface area contributed by atoms with Crippen LogP contribution >= 0.6 is 12.8 Å². The molecule has 2 aliphatic rings. The average molecular weight is 227 g/mol. The Hall–Kier alpha value is 0.310. The first-order valence-corrected chi connectivity index (χ1v) is 6.95. The van der Waals surface area contributed by atoms with E-state index in [-0.39, 0.29) is 0 Å². The SMILES string of the molecule is CC(C)C1CCC2(CC1)CCN(S)CC2. The Labute approximate surface area is 100 Å². The topological polar surface area (TPSA) is 3.24 Å². The lowest BCUT2D eigenvalue weighted by atomic mass is 9.64. The van der Waals surface area contributed by atoms with Crippen LogP contribution < -0.4 is 0 Å². The first-order valence-electron chi connectivity index (χ1n) is 6.55. The summed E-state index contributed by atoms with van der Waals surface area (Å²) in [5.41, 5.74) is 0.713. The van der Waals surface area contributed by atoms with Gasteiger partial charge in [0.2, 0.25) is 0 Å². The summed E-state index contributed by atoms with van der Waals surface area (Å²) in [6.45, 7) is 7.18. The molecular weight excluding hydrogens is 202 g/mol. The minimum atomic E-state index is 0.713. The van der Waals surface area contributed by atoms with Gasteiger partial charge in [-0.3, -0.25) is 4.31 Å². The normalized spacial score (nSPS) is 28.8. The molecule has 1 heterocycles. The predicted octanol–water partition coefficient (Wildman–Crippen LogP) is 3.76. The summed E-state index contributed by atoms with van der Waals surface area (Å²) in [4.78, 5) is 0. The van der Waals surface area contributed by atoms with E-state index in [1.54, 1.807) is 0 Å². The number of rotatable bonds is 1. The minimum absolute atomic E-state index is 0.713. The molecule has 0 amide bonds. The van der Waals surface area contributed by atoms with Crippen LogP contribution in [0.15, 0.2) is 0 Å². The molecule has 0 atom stereocenters. The molecule has 0 aromatic heterocycles. The first kappa shape index (κ1) is 11.8. The maximum atomic E-state index is 4.45. The van der Waals surface area contributed by atoms with Crippen molar-refractivity contribution >= 4 is 12.8 Å². The molecule has 1 aliphatic heterocycles. The van der Waals surface area contributed by atoms with Crippen molar-refractivity contribution in [3.63, 3.8) is 0 Å². The molecule has 1 nitrogen and oxygen atoms in total. The minimum Gasteiger partial charge on any atom is -0.253 e. The Balaban J connectivity index is 1.86. The molecule has 0 unspecified atom stereocenters. The summed E-state index contributed by atoms with van der Waals surface area (Å²) in [5.74, 6) is 1.90. The largest absolute Gasteiger partial charge is 0.253 e. The van der Waals surface area contributed by atoms with Crippen LogP contribution in [0.5, 0.6) is 0 Å². The third-order valence-corrected chi connectivity index (χ3v) is 5.23. The molecule has 2 rings (SSSR count). The van der Waals surface area contributed by atoms with Crippen LogP contribution in [0, 0.1) is 17.3 Å². The lowest BCUT2D eigenvalue weighted by Crippen LogP contribution is -2.38. The van der Waals surface area contributed by atoms with Crippen molar-refractivity contribution < 1.29 is 0 Å². The fraction of sp³-hybridized carbons (Fsp3) is 1.00. The van der Waals surface area contributed by atoms with Crippen molar-refractivity contribution in [3.05, 3.63) is 0 Å². The Morgan fingerprint density at radius 3 is 2.07 bits per heavy atom. The molecule has 0 aromatic carbocycles.